The first-order chi connectivity index (χ1) is 9.63. The van der Waals surface area contributed by atoms with E-state index < -0.39 is 29.1 Å². The van der Waals surface area contributed by atoms with Crippen molar-refractivity contribution in [3.8, 4) is 0 Å². The van der Waals surface area contributed by atoms with Crippen LogP contribution in [0.5, 0.6) is 0 Å². The number of carbonyl (C=O) groups is 1. The van der Waals surface area contributed by atoms with E-state index in [1.165, 1.54) is 32.0 Å². The highest BCUT2D eigenvalue weighted by Gasteiger charge is 2.22. The molecule has 3 N–H and O–H groups in total. The van der Waals surface area contributed by atoms with E-state index in [2.05, 4.69) is 5.32 Å². The van der Waals surface area contributed by atoms with Gasteiger partial charge in [0, 0.05) is 19.2 Å². The smallest absolute Gasteiger partial charge is 0.265 e. The highest BCUT2D eigenvalue weighted by molar-refractivity contribution is 7.89. The lowest BCUT2D eigenvalue weighted by Gasteiger charge is -2.13. The molecule has 0 heterocycles. The topological polar surface area (TPSA) is 95.5 Å². The van der Waals surface area contributed by atoms with Gasteiger partial charge in [0.25, 0.3) is 6.43 Å². The summed E-state index contributed by atoms with van der Waals surface area (Å²) < 4.78 is 50.3. The van der Waals surface area contributed by atoms with Gasteiger partial charge in [-0.15, -0.1) is 0 Å². The predicted octanol–water partition coefficient (Wildman–Crippen LogP) is 0.858. The zero-order valence-electron chi connectivity index (χ0n) is 11.4. The fraction of sp³-hybridized carbons (Fsp3) is 0.417. The Labute approximate surface area is 121 Å². The Balaban J connectivity index is 2.99. The average Bonchev–Trinajstić information content (AvgIpc) is 2.37. The zero-order valence-corrected chi connectivity index (χ0v) is 12.2. The Bertz CT molecular complexity index is 620. The van der Waals surface area contributed by atoms with Gasteiger partial charge in [-0.1, -0.05) is 6.07 Å². The number of sulfonamides is 1. The normalized spacial score (nSPS) is 13.2. The van der Waals surface area contributed by atoms with Crippen LogP contribution in [-0.4, -0.2) is 38.5 Å². The number of hydrogen-bond donors (Lipinski definition) is 3. The number of aryl methyl sites for hydroxylation is 1. The van der Waals surface area contributed by atoms with Crippen LogP contribution in [-0.2, 0) is 14.8 Å². The van der Waals surface area contributed by atoms with Crippen LogP contribution in [0, 0.1) is 6.92 Å². The van der Waals surface area contributed by atoms with Crippen molar-refractivity contribution in [2.75, 3.05) is 11.9 Å². The second kappa shape index (κ2) is 6.92. The average molecular weight is 322 g/mol. The Morgan fingerprint density at radius 1 is 1.38 bits per heavy atom. The number of aliphatic hydroxyl groups is 1. The van der Waals surface area contributed by atoms with E-state index in [9.17, 15) is 22.0 Å². The molecule has 0 aliphatic rings. The van der Waals surface area contributed by atoms with Gasteiger partial charge in [0.05, 0.1) is 4.90 Å². The Morgan fingerprint density at radius 3 is 2.52 bits per heavy atom. The van der Waals surface area contributed by atoms with Gasteiger partial charge in [-0.05, 0) is 24.6 Å². The lowest BCUT2D eigenvalue weighted by molar-refractivity contribution is -0.114. The molecule has 1 rings (SSSR count). The molecule has 21 heavy (non-hydrogen) atoms. The highest BCUT2D eigenvalue weighted by atomic mass is 32.2. The van der Waals surface area contributed by atoms with Crippen LogP contribution in [0.25, 0.3) is 0 Å². The lowest BCUT2D eigenvalue weighted by atomic mass is 10.2. The number of rotatable bonds is 6. The molecule has 1 aromatic rings. The molecular weight excluding hydrogens is 306 g/mol. The van der Waals surface area contributed by atoms with Crippen LogP contribution in [0.3, 0.4) is 0 Å². The second-order valence-electron chi connectivity index (χ2n) is 4.42. The number of carbonyl (C=O) groups excluding carboxylic acids is 1. The fourth-order valence-corrected chi connectivity index (χ4v) is 2.85. The number of halogens is 2. The minimum absolute atomic E-state index is 0.157. The third-order valence-electron chi connectivity index (χ3n) is 2.57. The molecule has 0 aliphatic heterocycles. The molecule has 0 aliphatic carbocycles. The van der Waals surface area contributed by atoms with Crippen LogP contribution < -0.4 is 10.0 Å². The largest absolute Gasteiger partial charge is 0.386 e. The molecule has 1 atom stereocenters. The van der Waals surface area contributed by atoms with Crippen molar-refractivity contribution in [3.63, 3.8) is 0 Å². The summed E-state index contributed by atoms with van der Waals surface area (Å²) in [5.74, 6) is -0.372. The fourth-order valence-electron chi connectivity index (χ4n) is 1.53. The van der Waals surface area contributed by atoms with E-state index in [0.717, 1.165) is 0 Å². The zero-order chi connectivity index (χ0) is 16.2. The first kappa shape index (κ1) is 17.5. The third-order valence-corrected chi connectivity index (χ3v) is 4.14. The minimum atomic E-state index is -4.07. The quantitative estimate of drug-likeness (QED) is 0.724. The summed E-state index contributed by atoms with van der Waals surface area (Å²) in [6.45, 7) is 1.99. The van der Waals surface area contributed by atoms with E-state index in [1.807, 2.05) is 4.72 Å². The van der Waals surface area contributed by atoms with Gasteiger partial charge in [-0.25, -0.2) is 21.9 Å². The van der Waals surface area contributed by atoms with Crippen LogP contribution in [0.2, 0.25) is 0 Å². The molecule has 0 saturated heterocycles. The highest BCUT2D eigenvalue weighted by Crippen LogP contribution is 2.20. The van der Waals surface area contributed by atoms with Gasteiger partial charge >= 0.3 is 0 Å². The van der Waals surface area contributed by atoms with E-state index >= 15 is 0 Å². The van der Waals surface area contributed by atoms with Gasteiger partial charge in [0.2, 0.25) is 15.9 Å². The molecular formula is C12H16F2N2O4S. The summed E-state index contributed by atoms with van der Waals surface area (Å²) in [6, 6.07) is 4.21. The Morgan fingerprint density at radius 2 is 2.00 bits per heavy atom. The molecule has 0 saturated carbocycles. The molecule has 1 unspecified atom stereocenters. The Hall–Kier alpha value is -1.58. The second-order valence-corrected chi connectivity index (χ2v) is 6.15. The van der Waals surface area contributed by atoms with Crippen molar-refractivity contribution in [3.05, 3.63) is 23.8 Å². The van der Waals surface area contributed by atoms with Gasteiger partial charge < -0.3 is 10.4 Å². The predicted molar refractivity (Wildman–Crippen MR) is 72.7 cm³/mol. The molecule has 1 aromatic carbocycles. The van der Waals surface area contributed by atoms with Crippen molar-refractivity contribution >= 4 is 21.6 Å². The van der Waals surface area contributed by atoms with Crippen LogP contribution in [0.4, 0.5) is 14.5 Å². The summed E-state index contributed by atoms with van der Waals surface area (Å²) in [7, 11) is -4.07. The summed E-state index contributed by atoms with van der Waals surface area (Å²) in [4.78, 5) is 10.8. The molecule has 0 radical (unpaired) electrons. The molecule has 0 fully saturated rings. The monoisotopic (exact) mass is 322 g/mol. The minimum Gasteiger partial charge on any atom is -0.386 e. The molecule has 0 bridgehead atoms. The molecule has 0 aromatic heterocycles. The molecule has 6 nitrogen and oxygen atoms in total. The number of alkyl halides is 2. The molecule has 1 amide bonds. The molecule has 118 valence electrons. The van der Waals surface area contributed by atoms with Gasteiger partial charge in [-0.3, -0.25) is 4.79 Å². The van der Waals surface area contributed by atoms with Crippen molar-refractivity contribution in [2.45, 2.75) is 31.3 Å². The van der Waals surface area contributed by atoms with Crippen LogP contribution >= 0.6 is 0 Å². The molecule has 0 spiro atoms. The summed E-state index contributed by atoms with van der Waals surface area (Å²) >= 11 is 0. The van der Waals surface area contributed by atoms with Crippen LogP contribution in [0.1, 0.15) is 12.5 Å². The first-order valence-corrected chi connectivity index (χ1v) is 7.46. The van der Waals surface area contributed by atoms with E-state index in [-0.39, 0.29) is 16.5 Å². The summed E-state index contributed by atoms with van der Waals surface area (Å²) in [5.41, 5.74) is 0.644. The van der Waals surface area contributed by atoms with Gasteiger partial charge in [0.15, 0.2) is 0 Å². The van der Waals surface area contributed by atoms with E-state index in [4.69, 9.17) is 5.11 Å². The number of amides is 1. The lowest BCUT2D eigenvalue weighted by Crippen LogP contribution is -2.36. The number of aliphatic hydroxyl groups excluding tert-OH is 1. The van der Waals surface area contributed by atoms with Crippen molar-refractivity contribution in [1.29, 1.82) is 0 Å². The third kappa shape index (κ3) is 5.03. The number of benzene rings is 1. The summed E-state index contributed by atoms with van der Waals surface area (Å²) in [5, 5.41) is 11.4. The van der Waals surface area contributed by atoms with Gasteiger partial charge in [-0.2, -0.15) is 0 Å². The van der Waals surface area contributed by atoms with Crippen LogP contribution in [0.15, 0.2) is 23.1 Å². The maximum Gasteiger partial charge on any atom is 0.265 e. The molecule has 9 heteroatoms. The van der Waals surface area contributed by atoms with E-state index in [0.29, 0.717) is 5.56 Å². The maximum atomic E-state index is 12.2. The van der Waals surface area contributed by atoms with Crippen molar-refractivity contribution in [1.82, 2.24) is 4.72 Å². The standard InChI is InChI=1S/C12H16F2N2O4S/c1-7-3-4-9(16-8(2)17)5-11(7)21(19,20)15-6-10(18)12(13)14/h3-5,10,12,15,18H,6H2,1-2H3,(H,16,17). The number of anilines is 1. The first-order valence-electron chi connectivity index (χ1n) is 5.97. The number of hydrogen-bond acceptors (Lipinski definition) is 4. The summed E-state index contributed by atoms with van der Waals surface area (Å²) in [6.07, 6.45) is -5.13. The van der Waals surface area contributed by atoms with Crippen molar-refractivity contribution < 1.29 is 27.1 Å². The van der Waals surface area contributed by atoms with E-state index in [1.54, 1.807) is 0 Å². The number of nitrogens with one attached hydrogen (secondary N) is 2. The van der Waals surface area contributed by atoms with Gasteiger partial charge in [0.1, 0.15) is 6.10 Å². The maximum absolute atomic E-state index is 12.2. The SMILES string of the molecule is CC(=O)Nc1ccc(C)c(S(=O)(=O)NCC(O)C(F)F)c1. The Kier molecular flexibility index (Phi) is 5.76. The van der Waals surface area contributed by atoms with Crippen molar-refractivity contribution in [2.24, 2.45) is 0 Å².